The number of rotatable bonds is 2. The molecule has 0 amide bonds. The highest BCUT2D eigenvalue weighted by Crippen LogP contribution is 2.47. The topological polar surface area (TPSA) is 58.2 Å². The lowest BCUT2D eigenvalue weighted by Crippen LogP contribution is -2.37. The van der Waals surface area contributed by atoms with E-state index in [1.807, 2.05) is 60.9 Å². The van der Waals surface area contributed by atoms with Crippen molar-refractivity contribution in [2.45, 2.75) is 20.0 Å². The zero-order chi connectivity index (χ0) is 25.3. The molecular formula is C29H24FN3O3. The molecule has 36 heavy (non-hydrogen) atoms. The van der Waals surface area contributed by atoms with Crippen LogP contribution in [-0.2, 0) is 14.1 Å². The van der Waals surface area contributed by atoms with Gasteiger partial charge in [-0.1, -0.05) is 48.5 Å². The molecular weight excluding hydrogens is 457 g/mol. The van der Waals surface area contributed by atoms with E-state index in [0.717, 1.165) is 26.9 Å². The van der Waals surface area contributed by atoms with Crippen molar-refractivity contribution in [3.63, 3.8) is 0 Å². The van der Waals surface area contributed by atoms with Crippen molar-refractivity contribution in [3.05, 3.63) is 116 Å². The maximum absolute atomic E-state index is 15.2. The van der Waals surface area contributed by atoms with Crippen molar-refractivity contribution in [2.75, 3.05) is 0 Å². The van der Waals surface area contributed by atoms with Gasteiger partial charge in [-0.25, -0.2) is 9.18 Å². The van der Waals surface area contributed by atoms with Crippen LogP contribution in [0.1, 0.15) is 28.5 Å². The number of benzene rings is 3. The number of nitrogens with zero attached hydrogens (tertiary/aromatic N) is 3. The SMILES string of the molecule is Cc1ccc2c(c1)-n1c(-c3ccccc3C)c3c(=O)n(C)c(=O)n(C)c3c1[C@H](c1ccccc1F)O2. The summed E-state index contributed by atoms with van der Waals surface area (Å²) in [6.07, 6.45) is -0.876. The first kappa shape index (κ1) is 22.1. The smallest absolute Gasteiger partial charge is 0.331 e. The second-order valence-corrected chi connectivity index (χ2v) is 9.30. The maximum atomic E-state index is 15.2. The summed E-state index contributed by atoms with van der Waals surface area (Å²) < 4.78 is 26.2. The Morgan fingerprint density at radius 2 is 1.61 bits per heavy atom. The van der Waals surface area contributed by atoms with Crippen LogP contribution in [0.5, 0.6) is 5.75 Å². The Bertz CT molecular complexity index is 1830. The van der Waals surface area contributed by atoms with Gasteiger partial charge in [-0.2, -0.15) is 0 Å². The van der Waals surface area contributed by atoms with Crippen LogP contribution in [0.15, 0.2) is 76.3 Å². The lowest BCUT2D eigenvalue weighted by Gasteiger charge is -2.30. The van der Waals surface area contributed by atoms with Crippen LogP contribution in [-0.4, -0.2) is 13.7 Å². The van der Waals surface area contributed by atoms with Crippen molar-refractivity contribution in [1.82, 2.24) is 13.7 Å². The number of hydrogen-bond donors (Lipinski definition) is 0. The average Bonchev–Trinajstić information content (AvgIpc) is 3.23. The highest BCUT2D eigenvalue weighted by atomic mass is 19.1. The highest BCUT2D eigenvalue weighted by molar-refractivity contribution is 5.99. The minimum atomic E-state index is -0.876. The Labute approximate surface area is 206 Å². The molecule has 0 saturated heterocycles. The van der Waals surface area contributed by atoms with Crippen molar-refractivity contribution in [3.8, 4) is 22.7 Å². The van der Waals surface area contributed by atoms with E-state index in [2.05, 4.69) is 0 Å². The monoisotopic (exact) mass is 481 g/mol. The molecule has 1 aliphatic rings. The van der Waals surface area contributed by atoms with E-state index in [0.29, 0.717) is 33.6 Å². The molecule has 0 bridgehead atoms. The number of aromatic nitrogens is 3. The molecule has 0 unspecified atom stereocenters. The Morgan fingerprint density at radius 3 is 2.36 bits per heavy atom. The Morgan fingerprint density at radius 1 is 0.889 bits per heavy atom. The van der Waals surface area contributed by atoms with Gasteiger partial charge in [0.1, 0.15) is 11.6 Å². The fourth-order valence-corrected chi connectivity index (χ4v) is 5.26. The summed E-state index contributed by atoms with van der Waals surface area (Å²) in [5.74, 6) is 0.142. The number of ether oxygens (including phenoxy) is 1. The quantitative estimate of drug-likeness (QED) is 0.359. The standard InChI is InChI=1S/C29H24FN3O3/c1-16-13-14-22-21(15-16)33-24(18-10-6-5-9-17(18)2)23-25(31(3)29(35)32(4)28(23)34)26(33)27(36-22)19-11-7-8-12-20(19)30/h5-15,27H,1-4H3/t27-/m0/s1. The minimum Gasteiger partial charge on any atom is -0.477 e. The Kier molecular flexibility index (Phi) is 4.80. The molecule has 6 nitrogen and oxygen atoms in total. The fraction of sp³-hybridized carbons (Fsp3) is 0.172. The van der Waals surface area contributed by atoms with Gasteiger partial charge in [0.05, 0.1) is 28.0 Å². The normalized spacial score (nSPS) is 14.4. The minimum absolute atomic E-state index is 0.328. The molecule has 1 atom stereocenters. The summed E-state index contributed by atoms with van der Waals surface area (Å²) in [5.41, 5.74) is 4.66. The van der Waals surface area contributed by atoms with Crippen LogP contribution in [0.4, 0.5) is 4.39 Å². The van der Waals surface area contributed by atoms with Crippen LogP contribution >= 0.6 is 0 Å². The second kappa shape index (κ2) is 7.81. The molecule has 3 aromatic carbocycles. The number of hydrogen-bond acceptors (Lipinski definition) is 3. The van der Waals surface area contributed by atoms with E-state index >= 15 is 4.39 Å². The predicted molar refractivity (Wildman–Crippen MR) is 138 cm³/mol. The molecule has 1 aliphatic heterocycles. The third-order valence-corrected chi connectivity index (χ3v) is 7.04. The van der Waals surface area contributed by atoms with Crippen LogP contribution in [0, 0.1) is 19.7 Å². The molecule has 0 spiro atoms. The summed E-state index contributed by atoms with van der Waals surface area (Å²) in [4.78, 5) is 26.8. The van der Waals surface area contributed by atoms with Crippen LogP contribution in [0.3, 0.4) is 0 Å². The van der Waals surface area contributed by atoms with E-state index in [1.165, 1.54) is 17.7 Å². The largest absolute Gasteiger partial charge is 0.477 e. The van der Waals surface area contributed by atoms with E-state index in [1.54, 1.807) is 25.2 Å². The zero-order valence-electron chi connectivity index (χ0n) is 20.4. The zero-order valence-corrected chi connectivity index (χ0v) is 20.4. The molecule has 3 heterocycles. The van der Waals surface area contributed by atoms with E-state index in [-0.39, 0.29) is 0 Å². The molecule has 6 rings (SSSR count). The maximum Gasteiger partial charge on any atom is 0.331 e. The third kappa shape index (κ3) is 2.95. The number of aryl methyl sites for hydroxylation is 3. The van der Waals surface area contributed by atoms with E-state index < -0.39 is 23.2 Å². The van der Waals surface area contributed by atoms with Gasteiger partial charge in [-0.3, -0.25) is 13.9 Å². The average molecular weight is 482 g/mol. The highest BCUT2D eigenvalue weighted by Gasteiger charge is 2.37. The van der Waals surface area contributed by atoms with Crippen molar-refractivity contribution in [1.29, 1.82) is 0 Å². The number of halogens is 1. The van der Waals surface area contributed by atoms with Gasteiger partial charge >= 0.3 is 5.69 Å². The summed E-state index contributed by atoms with van der Waals surface area (Å²) >= 11 is 0. The van der Waals surface area contributed by atoms with Gasteiger partial charge in [0.2, 0.25) is 0 Å². The molecule has 0 aliphatic carbocycles. The van der Waals surface area contributed by atoms with Crippen LogP contribution < -0.4 is 16.0 Å². The molecule has 2 aromatic heterocycles. The van der Waals surface area contributed by atoms with E-state index in [4.69, 9.17) is 4.74 Å². The van der Waals surface area contributed by atoms with Crippen molar-refractivity contribution in [2.24, 2.45) is 14.1 Å². The van der Waals surface area contributed by atoms with E-state index in [9.17, 15) is 9.59 Å². The summed E-state index contributed by atoms with van der Waals surface area (Å²) in [7, 11) is 3.11. The van der Waals surface area contributed by atoms with Crippen molar-refractivity contribution < 1.29 is 9.13 Å². The molecule has 0 radical (unpaired) electrons. The van der Waals surface area contributed by atoms with Gasteiger partial charge in [-0.15, -0.1) is 0 Å². The van der Waals surface area contributed by atoms with Gasteiger partial charge in [0, 0.05) is 25.2 Å². The molecule has 7 heteroatoms. The third-order valence-electron chi connectivity index (χ3n) is 7.04. The van der Waals surface area contributed by atoms with Crippen LogP contribution in [0.2, 0.25) is 0 Å². The van der Waals surface area contributed by atoms with Crippen LogP contribution in [0.25, 0.3) is 27.8 Å². The second-order valence-electron chi connectivity index (χ2n) is 9.30. The first-order valence-electron chi connectivity index (χ1n) is 11.7. The van der Waals surface area contributed by atoms with Crippen molar-refractivity contribution >= 4 is 10.9 Å². The van der Waals surface area contributed by atoms with Gasteiger partial charge in [0.25, 0.3) is 5.56 Å². The summed E-state index contributed by atoms with van der Waals surface area (Å²) in [6.45, 7) is 3.97. The molecule has 180 valence electrons. The number of fused-ring (bicyclic) bond motifs is 5. The first-order valence-corrected chi connectivity index (χ1v) is 11.7. The fourth-order valence-electron chi connectivity index (χ4n) is 5.26. The molecule has 5 aromatic rings. The molecule has 0 fully saturated rings. The molecule has 0 saturated carbocycles. The van der Waals surface area contributed by atoms with Gasteiger partial charge < -0.3 is 9.30 Å². The Hall–Kier alpha value is -4.39. The molecule has 0 N–H and O–H groups in total. The van der Waals surface area contributed by atoms with Gasteiger partial charge in [-0.05, 0) is 43.2 Å². The summed E-state index contributed by atoms with van der Waals surface area (Å²) in [6, 6.07) is 20.0. The lowest BCUT2D eigenvalue weighted by atomic mass is 10.0. The first-order chi connectivity index (χ1) is 17.3. The summed E-state index contributed by atoms with van der Waals surface area (Å²) in [5, 5.41) is 0.392. The van der Waals surface area contributed by atoms with Gasteiger partial charge in [0.15, 0.2) is 6.10 Å². The predicted octanol–water partition coefficient (Wildman–Crippen LogP) is 4.93. The lowest BCUT2D eigenvalue weighted by molar-refractivity contribution is 0.224. The Balaban J connectivity index is 1.91.